The van der Waals surface area contributed by atoms with E-state index in [2.05, 4.69) is 38.0 Å². The molecule has 1 aromatic heterocycles. The molecule has 3 aromatic carbocycles. The van der Waals surface area contributed by atoms with Crippen LogP contribution in [0.5, 0.6) is 5.75 Å². The van der Waals surface area contributed by atoms with E-state index in [-0.39, 0.29) is 36.5 Å². The first kappa shape index (κ1) is 44.0. The highest BCUT2D eigenvalue weighted by molar-refractivity contribution is 6.05. The Hall–Kier alpha value is -6.12. The number of anilines is 3. The van der Waals surface area contributed by atoms with Gasteiger partial charge in [-0.3, -0.25) is 19.7 Å². The van der Waals surface area contributed by atoms with Crippen LogP contribution in [0.3, 0.4) is 0 Å². The zero-order chi connectivity index (χ0) is 44.3. The summed E-state index contributed by atoms with van der Waals surface area (Å²) in [5, 5.41) is 8.37. The van der Waals surface area contributed by atoms with Crippen LogP contribution in [0.25, 0.3) is 11.1 Å². The Balaban J connectivity index is 0.951. The fraction of sp³-hybridized carbons (Fsp3) is 0.426. The molecular weight excluding hydrogens is 802 g/mol. The lowest BCUT2D eigenvalue weighted by molar-refractivity contribution is -0.139. The first-order valence-electron chi connectivity index (χ1n) is 21.1. The summed E-state index contributed by atoms with van der Waals surface area (Å²) in [4.78, 5) is 58.0. The van der Waals surface area contributed by atoms with E-state index in [9.17, 15) is 32.3 Å². The van der Waals surface area contributed by atoms with Crippen LogP contribution >= 0.6 is 0 Å². The first-order valence-corrected chi connectivity index (χ1v) is 21.1. The third kappa shape index (κ3) is 10.7. The topological polar surface area (TPSA) is 142 Å². The van der Waals surface area contributed by atoms with Gasteiger partial charge in [-0.15, -0.1) is 0 Å². The second-order valence-corrected chi connectivity index (χ2v) is 17.7. The number of nitrogens with zero attached hydrogens (tertiary/aromatic N) is 3. The van der Waals surface area contributed by atoms with Gasteiger partial charge >= 0.3 is 12.3 Å². The molecule has 3 N–H and O–H groups in total. The zero-order valence-corrected chi connectivity index (χ0v) is 35.6. The monoisotopic (exact) mass is 854 g/mol. The molecular formula is C47H53F3N6O6. The van der Waals surface area contributed by atoms with E-state index in [0.29, 0.717) is 47.8 Å². The van der Waals surface area contributed by atoms with Gasteiger partial charge in [-0.05, 0) is 135 Å². The Labute approximate surface area is 359 Å². The van der Waals surface area contributed by atoms with E-state index in [1.807, 2.05) is 44.2 Å². The fourth-order valence-corrected chi connectivity index (χ4v) is 8.35. The Morgan fingerprint density at radius 3 is 2.32 bits per heavy atom. The van der Waals surface area contributed by atoms with Crippen LogP contribution in [0.15, 0.2) is 79.0 Å². The highest BCUT2D eigenvalue weighted by Gasteiger charge is 2.40. The minimum atomic E-state index is -4.70. The van der Waals surface area contributed by atoms with Crippen molar-refractivity contribution in [2.75, 3.05) is 29.9 Å². The molecule has 4 amide bonds. The number of amides is 4. The van der Waals surface area contributed by atoms with Gasteiger partial charge in [0.25, 0.3) is 5.91 Å². The molecule has 2 atom stereocenters. The zero-order valence-electron chi connectivity index (χ0n) is 35.6. The number of halogens is 3. The van der Waals surface area contributed by atoms with Crippen LogP contribution in [-0.4, -0.2) is 71.1 Å². The van der Waals surface area contributed by atoms with Gasteiger partial charge in [0.1, 0.15) is 29.8 Å². The van der Waals surface area contributed by atoms with Crippen LogP contribution in [0.2, 0.25) is 0 Å². The van der Waals surface area contributed by atoms with E-state index >= 15 is 0 Å². The van der Waals surface area contributed by atoms with Gasteiger partial charge in [0.15, 0.2) is 0 Å². The average Bonchev–Trinajstić information content (AvgIpc) is 3.53. The van der Waals surface area contributed by atoms with E-state index in [0.717, 1.165) is 48.9 Å². The van der Waals surface area contributed by atoms with Gasteiger partial charge in [-0.25, -0.2) is 9.78 Å². The van der Waals surface area contributed by atoms with E-state index in [1.54, 1.807) is 50.1 Å². The molecule has 4 aromatic rings. The standard InChI is InChI=1S/C47H53F3N6O6/c1-28(2)22-35(53-45(60)62-46(3,4)5)27-61-40-14-8-31(24-38(40)47(48,49)50)32-16-19-51-41(25-32)52-34-9-6-29(7-10-34)30-17-20-55(21-18-30)36-11-12-37-33(23-36)26-56(44(37)59)39-13-15-42(57)54-43(39)58/h6-12,14,16,19,23-25,28,30,35,39H,13,15,17-18,20-22,26-27H2,1-5H3,(H,51,52)(H,53,60)(H,54,57,58)/t35-,39?/m0/s1. The molecule has 1 unspecified atom stereocenters. The third-order valence-electron chi connectivity index (χ3n) is 11.3. The summed E-state index contributed by atoms with van der Waals surface area (Å²) in [7, 11) is 0. The van der Waals surface area contributed by atoms with E-state index in [1.165, 1.54) is 11.6 Å². The molecule has 0 aliphatic carbocycles. The van der Waals surface area contributed by atoms with Gasteiger partial charge in [-0.2, -0.15) is 13.2 Å². The van der Waals surface area contributed by atoms with Crippen molar-refractivity contribution in [3.05, 3.63) is 101 Å². The first-order chi connectivity index (χ1) is 29.4. The number of alkyl halides is 3. The maximum Gasteiger partial charge on any atom is 0.419 e. The van der Waals surface area contributed by atoms with E-state index < -0.39 is 41.4 Å². The second kappa shape index (κ2) is 18.1. The van der Waals surface area contributed by atoms with Crippen molar-refractivity contribution in [1.29, 1.82) is 0 Å². The summed E-state index contributed by atoms with van der Waals surface area (Å²) in [6.45, 7) is 10.9. The number of benzene rings is 3. The maximum absolute atomic E-state index is 14.4. The summed E-state index contributed by atoms with van der Waals surface area (Å²) >= 11 is 0. The van der Waals surface area contributed by atoms with Crippen molar-refractivity contribution in [2.24, 2.45) is 5.92 Å². The molecule has 4 heterocycles. The number of rotatable bonds is 12. The van der Waals surface area contributed by atoms with Crippen molar-refractivity contribution in [1.82, 2.24) is 20.5 Å². The minimum Gasteiger partial charge on any atom is -0.491 e. The van der Waals surface area contributed by atoms with Crippen molar-refractivity contribution in [3.63, 3.8) is 0 Å². The van der Waals surface area contributed by atoms with Gasteiger partial charge < -0.3 is 29.9 Å². The van der Waals surface area contributed by atoms with Crippen LogP contribution in [0.1, 0.15) is 99.7 Å². The Kier molecular flexibility index (Phi) is 12.8. The number of ether oxygens (including phenoxy) is 2. The Morgan fingerprint density at radius 1 is 0.919 bits per heavy atom. The molecule has 12 nitrogen and oxygen atoms in total. The van der Waals surface area contributed by atoms with Crippen LogP contribution in [0.4, 0.5) is 35.2 Å². The molecule has 62 heavy (non-hydrogen) atoms. The molecule has 7 rings (SSSR count). The number of piperidine rings is 2. The number of carbonyl (C=O) groups is 4. The number of nitrogens with one attached hydrogen (secondary N) is 3. The largest absolute Gasteiger partial charge is 0.491 e. The fourth-order valence-electron chi connectivity index (χ4n) is 8.35. The quantitative estimate of drug-likeness (QED) is 0.119. The predicted octanol–water partition coefficient (Wildman–Crippen LogP) is 8.97. The summed E-state index contributed by atoms with van der Waals surface area (Å²) in [6.07, 6.45) is -0.930. The van der Waals surface area contributed by atoms with Crippen LogP contribution in [-0.2, 0) is 27.0 Å². The molecule has 0 saturated carbocycles. The average molecular weight is 855 g/mol. The number of carbonyl (C=O) groups excluding carboxylic acids is 4. The summed E-state index contributed by atoms with van der Waals surface area (Å²) < 4.78 is 54.3. The van der Waals surface area contributed by atoms with Gasteiger partial charge in [0.05, 0.1) is 11.6 Å². The van der Waals surface area contributed by atoms with Crippen molar-refractivity contribution >= 4 is 41.0 Å². The highest BCUT2D eigenvalue weighted by atomic mass is 19.4. The number of pyridine rings is 1. The van der Waals surface area contributed by atoms with Crippen LogP contribution in [0, 0.1) is 5.92 Å². The molecule has 0 spiro atoms. The summed E-state index contributed by atoms with van der Waals surface area (Å²) in [6, 6.07) is 20.0. The van der Waals surface area contributed by atoms with Gasteiger partial charge in [0, 0.05) is 49.2 Å². The molecule has 15 heteroatoms. The molecule has 328 valence electrons. The third-order valence-corrected chi connectivity index (χ3v) is 11.3. The lowest BCUT2D eigenvalue weighted by Crippen LogP contribution is -2.52. The maximum atomic E-state index is 14.4. The number of fused-ring (bicyclic) bond motifs is 1. The van der Waals surface area contributed by atoms with E-state index in [4.69, 9.17) is 9.47 Å². The number of aromatic nitrogens is 1. The normalized spacial score (nSPS) is 17.8. The second-order valence-electron chi connectivity index (χ2n) is 17.7. The molecule has 3 aliphatic rings. The molecule has 0 bridgehead atoms. The lowest BCUT2D eigenvalue weighted by Gasteiger charge is -2.34. The smallest absolute Gasteiger partial charge is 0.419 e. The molecule has 3 aliphatic heterocycles. The number of hydrogen-bond acceptors (Lipinski definition) is 9. The minimum absolute atomic E-state index is 0.142. The lowest BCUT2D eigenvalue weighted by atomic mass is 9.89. The molecule has 0 radical (unpaired) electrons. The van der Waals surface area contributed by atoms with Crippen molar-refractivity contribution in [2.45, 2.75) is 103 Å². The number of imide groups is 1. The number of alkyl carbamates (subject to hydrolysis) is 1. The van der Waals surface area contributed by atoms with Gasteiger partial charge in [-0.1, -0.05) is 32.0 Å². The highest BCUT2D eigenvalue weighted by Crippen LogP contribution is 2.40. The number of hydrogen-bond donors (Lipinski definition) is 3. The molecule has 2 saturated heterocycles. The predicted molar refractivity (Wildman–Crippen MR) is 229 cm³/mol. The summed E-state index contributed by atoms with van der Waals surface area (Å²) in [5.41, 5.74) is 3.72. The Morgan fingerprint density at radius 2 is 1.65 bits per heavy atom. The van der Waals surface area contributed by atoms with Crippen molar-refractivity contribution in [3.8, 4) is 16.9 Å². The SMILES string of the molecule is CC(C)C[C@@H](COc1ccc(-c2ccnc(Nc3ccc(C4CCN(c5ccc6c(c5)CN(C5CCC(=O)NC5=O)C6=O)CC4)cc3)c2)cc1C(F)(F)F)NC(=O)OC(C)(C)C. The molecule has 2 fully saturated rings. The summed E-state index contributed by atoms with van der Waals surface area (Å²) in [5.74, 6) is -0.290. The van der Waals surface area contributed by atoms with Crippen LogP contribution < -0.4 is 25.6 Å². The van der Waals surface area contributed by atoms with Crippen molar-refractivity contribution < 1.29 is 41.8 Å². The van der Waals surface area contributed by atoms with Gasteiger partial charge in [0.2, 0.25) is 11.8 Å². The Bertz CT molecular complexity index is 2300.